The van der Waals surface area contributed by atoms with Crippen LogP contribution in [-0.2, 0) is 5.54 Å². The number of aryl methyl sites for hydroxylation is 1. The Morgan fingerprint density at radius 1 is 0.692 bits per heavy atom. The smallest absolute Gasteiger partial charge is 0.147 e. The Kier molecular flexibility index (Phi) is 4.36. The zero-order valence-electron chi connectivity index (χ0n) is 14.5. The van der Waals surface area contributed by atoms with Crippen molar-refractivity contribution < 1.29 is 0 Å². The minimum Gasteiger partial charge on any atom is -0.315 e. The lowest BCUT2D eigenvalue weighted by atomic mass is 9.76. The van der Waals surface area contributed by atoms with Gasteiger partial charge >= 0.3 is 0 Å². The van der Waals surface area contributed by atoms with Gasteiger partial charge in [-0.25, -0.2) is 4.98 Å². The second-order valence-electron chi connectivity index (χ2n) is 6.29. The monoisotopic (exact) mass is 358 g/mol. The summed E-state index contributed by atoms with van der Waals surface area (Å²) in [6, 6.07) is 31.5. The molecule has 0 spiro atoms. The molecule has 2 nitrogen and oxygen atoms in total. The van der Waals surface area contributed by atoms with Gasteiger partial charge in [0.25, 0.3) is 0 Å². The van der Waals surface area contributed by atoms with Gasteiger partial charge < -0.3 is 4.57 Å². The Morgan fingerprint density at radius 2 is 1.08 bits per heavy atom. The van der Waals surface area contributed by atoms with Crippen LogP contribution in [0, 0.1) is 6.92 Å². The molecule has 4 aromatic rings. The number of rotatable bonds is 4. The maximum atomic E-state index is 6.30. The Morgan fingerprint density at radius 3 is 1.38 bits per heavy atom. The fourth-order valence-electron chi connectivity index (χ4n) is 3.73. The van der Waals surface area contributed by atoms with Crippen LogP contribution >= 0.6 is 11.6 Å². The number of hydrogen-bond acceptors (Lipinski definition) is 1. The van der Waals surface area contributed by atoms with E-state index in [1.807, 2.05) is 31.3 Å². The van der Waals surface area contributed by atoms with E-state index in [-0.39, 0.29) is 0 Å². The lowest BCUT2D eigenvalue weighted by molar-refractivity contribution is 0.502. The van der Waals surface area contributed by atoms with Crippen LogP contribution in [0.2, 0.25) is 5.15 Å². The van der Waals surface area contributed by atoms with Gasteiger partial charge in [-0.05, 0) is 23.6 Å². The molecule has 0 atom stereocenters. The predicted octanol–water partition coefficient (Wildman–Crippen LogP) is 5.69. The minimum atomic E-state index is -0.548. The van der Waals surface area contributed by atoms with Crippen molar-refractivity contribution in [2.45, 2.75) is 12.5 Å². The first-order valence-electron chi connectivity index (χ1n) is 8.61. The quantitative estimate of drug-likeness (QED) is 0.429. The van der Waals surface area contributed by atoms with Crippen LogP contribution < -0.4 is 0 Å². The molecular formula is C23H19ClN2. The molecule has 128 valence electrons. The molecule has 3 heteroatoms. The number of halogens is 1. The van der Waals surface area contributed by atoms with Crippen LogP contribution in [0.25, 0.3) is 0 Å². The van der Waals surface area contributed by atoms with Crippen LogP contribution in [0.3, 0.4) is 0 Å². The van der Waals surface area contributed by atoms with E-state index >= 15 is 0 Å². The third-order valence-electron chi connectivity index (χ3n) is 4.79. The summed E-state index contributed by atoms with van der Waals surface area (Å²) in [6.07, 6.45) is 1.92. The standard InChI is InChI=1S/C23H19ClN2/c1-18-25-22(24)17-26(18)23(19-11-5-2-6-12-19,20-13-7-3-8-14-20)21-15-9-4-10-16-21/h2-17H,1H3. The molecule has 1 heterocycles. The Labute approximate surface area is 158 Å². The molecule has 0 amide bonds. The minimum absolute atomic E-state index is 0.495. The van der Waals surface area contributed by atoms with E-state index in [1.165, 1.54) is 0 Å². The second-order valence-corrected chi connectivity index (χ2v) is 6.68. The fraction of sp³-hybridized carbons (Fsp3) is 0.0870. The summed E-state index contributed by atoms with van der Waals surface area (Å²) in [5.41, 5.74) is 2.94. The van der Waals surface area contributed by atoms with Crippen molar-refractivity contribution in [3.8, 4) is 0 Å². The Hall–Kier alpha value is -2.84. The number of aromatic nitrogens is 2. The van der Waals surface area contributed by atoms with E-state index in [4.69, 9.17) is 11.6 Å². The summed E-state index contributed by atoms with van der Waals surface area (Å²) in [5.74, 6) is 0.867. The zero-order chi connectivity index (χ0) is 18.0. The molecule has 0 N–H and O–H groups in total. The summed E-state index contributed by atoms with van der Waals surface area (Å²) in [5, 5.41) is 0.495. The highest BCUT2D eigenvalue weighted by Gasteiger charge is 2.39. The summed E-state index contributed by atoms with van der Waals surface area (Å²) in [4.78, 5) is 4.48. The first-order valence-corrected chi connectivity index (χ1v) is 8.99. The van der Waals surface area contributed by atoms with Crippen molar-refractivity contribution in [2.75, 3.05) is 0 Å². The van der Waals surface area contributed by atoms with Crippen molar-refractivity contribution in [3.63, 3.8) is 0 Å². The van der Waals surface area contributed by atoms with Crippen molar-refractivity contribution >= 4 is 11.6 Å². The molecule has 0 aliphatic rings. The molecule has 0 bridgehead atoms. The largest absolute Gasteiger partial charge is 0.315 e. The third-order valence-corrected chi connectivity index (χ3v) is 4.97. The number of nitrogens with zero attached hydrogens (tertiary/aromatic N) is 2. The molecule has 0 saturated carbocycles. The lowest BCUT2D eigenvalue weighted by Crippen LogP contribution is -2.38. The van der Waals surface area contributed by atoms with E-state index in [0.717, 1.165) is 22.5 Å². The average Bonchev–Trinajstić information content (AvgIpc) is 3.03. The van der Waals surface area contributed by atoms with E-state index in [0.29, 0.717) is 5.15 Å². The molecule has 0 aliphatic carbocycles. The maximum Gasteiger partial charge on any atom is 0.147 e. The summed E-state index contributed by atoms with van der Waals surface area (Å²) in [7, 11) is 0. The van der Waals surface area contributed by atoms with Gasteiger partial charge in [0.05, 0.1) is 0 Å². The van der Waals surface area contributed by atoms with E-state index < -0.39 is 5.54 Å². The van der Waals surface area contributed by atoms with Gasteiger partial charge in [-0.2, -0.15) is 0 Å². The molecule has 0 radical (unpaired) electrons. The molecule has 0 unspecified atom stereocenters. The Balaban J connectivity index is 2.16. The topological polar surface area (TPSA) is 17.8 Å². The van der Waals surface area contributed by atoms with Crippen LogP contribution in [0.4, 0.5) is 0 Å². The lowest BCUT2D eigenvalue weighted by Gasteiger charge is -2.38. The number of hydrogen-bond donors (Lipinski definition) is 0. The summed E-state index contributed by atoms with van der Waals surface area (Å²) in [6.45, 7) is 2.00. The zero-order valence-corrected chi connectivity index (χ0v) is 15.3. The van der Waals surface area contributed by atoms with Gasteiger partial charge in [-0.3, -0.25) is 0 Å². The van der Waals surface area contributed by atoms with E-state index in [9.17, 15) is 0 Å². The predicted molar refractivity (Wildman–Crippen MR) is 107 cm³/mol. The van der Waals surface area contributed by atoms with E-state index in [2.05, 4.69) is 82.3 Å². The molecule has 0 fully saturated rings. The average molecular weight is 359 g/mol. The molecule has 1 aromatic heterocycles. The maximum absolute atomic E-state index is 6.30. The van der Waals surface area contributed by atoms with Gasteiger partial charge in [0.2, 0.25) is 0 Å². The highest BCUT2D eigenvalue weighted by Crippen LogP contribution is 2.41. The van der Waals surface area contributed by atoms with Gasteiger partial charge in [-0.1, -0.05) is 103 Å². The highest BCUT2D eigenvalue weighted by molar-refractivity contribution is 6.29. The normalized spacial score (nSPS) is 11.5. The van der Waals surface area contributed by atoms with Crippen LogP contribution in [0.15, 0.2) is 97.2 Å². The SMILES string of the molecule is Cc1nc(Cl)cn1C(c1ccccc1)(c1ccccc1)c1ccccc1. The summed E-state index contributed by atoms with van der Waals surface area (Å²) >= 11 is 6.30. The van der Waals surface area contributed by atoms with Gasteiger partial charge in [0.1, 0.15) is 16.5 Å². The van der Waals surface area contributed by atoms with Crippen molar-refractivity contribution in [1.82, 2.24) is 9.55 Å². The molecule has 3 aromatic carbocycles. The fourth-order valence-corrected chi connectivity index (χ4v) is 3.95. The first-order chi connectivity index (χ1) is 12.7. The number of imidazole rings is 1. The van der Waals surface area contributed by atoms with Crippen molar-refractivity contribution in [1.29, 1.82) is 0 Å². The van der Waals surface area contributed by atoms with Gasteiger partial charge in [0.15, 0.2) is 0 Å². The third kappa shape index (κ3) is 2.63. The van der Waals surface area contributed by atoms with Crippen LogP contribution in [-0.4, -0.2) is 9.55 Å². The highest BCUT2D eigenvalue weighted by atomic mass is 35.5. The summed E-state index contributed by atoms with van der Waals surface area (Å²) < 4.78 is 2.18. The molecule has 26 heavy (non-hydrogen) atoms. The van der Waals surface area contributed by atoms with Crippen LogP contribution in [0.5, 0.6) is 0 Å². The van der Waals surface area contributed by atoms with Crippen molar-refractivity contribution in [2.24, 2.45) is 0 Å². The molecule has 4 rings (SSSR count). The van der Waals surface area contributed by atoms with Crippen molar-refractivity contribution in [3.05, 3.63) is 125 Å². The molecule has 0 saturated heterocycles. The Bertz CT molecular complexity index is 896. The van der Waals surface area contributed by atoms with Crippen LogP contribution in [0.1, 0.15) is 22.5 Å². The number of benzene rings is 3. The van der Waals surface area contributed by atoms with E-state index in [1.54, 1.807) is 0 Å². The first kappa shape index (κ1) is 16.6. The van der Waals surface area contributed by atoms with Gasteiger partial charge in [0, 0.05) is 6.20 Å². The molecule has 0 aliphatic heterocycles. The molecular weight excluding hydrogens is 340 g/mol. The second kappa shape index (κ2) is 6.81. The van der Waals surface area contributed by atoms with Gasteiger partial charge in [-0.15, -0.1) is 0 Å².